The van der Waals surface area contributed by atoms with Crippen molar-refractivity contribution in [2.24, 2.45) is 16.7 Å². The van der Waals surface area contributed by atoms with Gasteiger partial charge in [-0.25, -0.2) is 0 Å². The number of rotatable bonds is 2. The molecule has 4 rings (SSSR count). The lowest BCUT2D eigenvalue weighted by Gasteiger charge is -2.65. The van der Waals surface area contributed by atoms with Crippen molar-refractivity contribution in [3.63, 3.8) is 0 Å². The van der Waals surface area contributed by atoms with Gasteiger partial charge in [-0.1, -0.05) is 50.3 Å². The van der Waals surface area contributed by atoms with E-state index < -0.39 is 0 Å². The second-order valence-electron chi connectivity index (χ2n) is 6.66. The molecule has 100 valence electrons. The molecule has 1 aromatic rings. The Hall–Kier alpha value is -1.50. The second-order valence-corrected chi connectivity index (χ2v) is 6.66. The smallest absolute Gasteiger partial charge is 0.115 e. The van der Waals surface area contributed by atoms with Crippen LogP contribution >= 0.6 is 0 Å². The molecule has 3 fully saturated rings. The summed E-state index contributed by atoms with van der Waals surface area (Å²) >= 11 is 0. The highest BCUT2D eigenvalue weighted by atomic mass is 16.3. The molecule has 2 atom stereocenters. The second kappa shape index (κ2) is 4.00. The van der Waals surface area contributed by atoms with E-state index >= 15 is 0 Å². The summed E-state index contributed by atoms with van der Waals surface area (Å²) in [6, 6.07) is 7.39. The van der Waals surface area contributed by atoms with Crippen LogP contribution in [0.5, 0.6) is 5.75 Å². The highest BCUT2D eigenvalue weighted by Crippen LogP contribution is 2.70. The molecule has 0 radical (unpaired) electrons. The Kier molecular flexibility index (Phi) is 2.63. The third-order valence-corrected chi connectivity index (χ3v) is 5.62. The van der Waals surface area contributed by atoms with Crippen molar-refractivity contribution in [1.82, 2.24) is 0 Å². The Bertz CT molecular complexity index is 535. The molecular weight excluding hydrogens is 232 g/mol. The molecule has 0 heterocycles. The van der Waals surface area contributed by atoms with Gasteiger partial charge in [0.15, 0.2) is 0 Å². The van der Waals surface area contributed by atoms with Gasteiger partial charge in [0, 0.05) is 5.41 Å². The summed E-state index contributed by atoms with van der Waals surface area (Å²) in [5.41, 5.74) is 3.07. The molecule has 1 nitrogen and oxygen atoms in total. The molecule has 3 aliphatic rings. The number of hydrogen-bond acceptors (Lipinski definition) is 1. The largest absolute Gasteiger partial charge is 0.508 e. The molecule has 1 N–H and O–H groups in total. The van der Waals surface area contributed by atoms with Gasteiger partial charge in [-0.05, 0) is 48.3 Å². The van der Waals surface area contributed by atoms with Gasteiger partial charge in [0.25, 0.3) is 0 Å². The Balaban J connectivity index is 1.89. The Morgan fingerprint density at radius 3 is 2.53 bits per heavy atom. The molecule has 3 saturated carbocycles. The Morgan fingerprint density at radius 1 is 1.26 bits per heavy atom. The van der Waals surface area contributed by atoms with E-state index in [9.17, 15) is 5.11 Å². The van der Waals surface area contributed by atoms with Crippen LogP contribution in [0, 0.1) is 16.7 Å². The van der Waals surface area contributed by atoms with E-state index in [4.69, 9.17) is 0 Å². The Labute approximate surface area is 115 Å². The first-order valence-electron chi connectivity index (χ1n) is 7.12. The summed E-state index contributed by atoms with van der Waals surface area (Å²) in [5.74, 6) is 1.17. The van der Waals surface area contributed by atoms with Gasteiger partial charge in [-0.2, -0.15) is 0 Å². The van der Waals surface area contributed by atoms with Crippen LogP contribution in [-0.4, -0.2) is 5.11 Å². The molecule has 0 aromatic heterocycles. The van der Waals surface area contributed by atoms with Crippen LogP contribution in [0.4, 0.5) is 0 Å². The molecule has 2 unspecified atom stereocenters. The molecule has 0 spiro atoms. The summed E-state index contributed by atoms with van der Waals surface area (Å²) in [7, 11) is 0. The van der Waals surface area contributed by atoms with Crippen molar-refractivity contribution in [3.8, 4) is 5.75 Å². The monoisotopic (exact) mass is 254 g/mol. The lowest BCUT2D eigenvalue weighted by Crippen LogP contribution is -2.57. The van der Waals surface area contributed by atoms with Gasteiger partial charge in [-0.15, -0.1) is 0 Å². The minimum Gasteiger partial charge on any atom is -0.508 e. The highest BCUT2D eigenvalue weighted by molar-refractivity contribution is 5.54. The van der Waals surface area contributed by atoms with Crippen LogP contribution in [0.2, 0.25) is 0 Å². The zero-order valence-corrected chi connectivity index (χ0v) is 11.8. The van der Waals surface area contributed by atoms with Crippen molar-refractivity contribution >= 4 is 6.08 Å². The number of benzene rings is 1. The molecule has 19 heavy (non-hydrogen) atoms. The average Bonchev–Trinajstić information content (AvgIpc) is 2.39. The van der Waals surface area contributed by atoms with E-state index in [1.165, 1.54) is 24.8 Å². The fraction of sp³-hybridized carbons (Fsp3) is 0.444. The molecule has 0 aliphatic heterocycles. The van der Waals surface area contributed by atoms with Gasteiger partial charge >= 0.3 is 0 Å². The third kappa shape index (κ3) is 1.68. The lowest BCUT2D eigenvalue weighted by molar-refractivity contribution is -0.0853. The highest BCUT2D eigenvalue weighted by Gasteiger charge is 2.61. The number of phenols is 1. The lowest BCUT2D eigenvalue weighted by atomic mass is 9.38. The maximum Gasteiger partial charge on any atom is 0.115 e. The fourth-order valence-electron chi connectivity index (χ4n) is 4.00. The zero-order chi connectivity index (χ0) is 13.7. The van der Waals surface area contributed by atoms with Crippen molar-refractivity contribution < 1.29 is 5.11 Å². The van der Waals surface area contributed by atoms with E-state index in [1.54, 1.807) is 12.1 Å². The number of aromatic hydroxyl groups is 1. The summed E-state index contributed by atoms with van der Waals surface area (Å²) in [4.78, 5) is 0. The van der Waals surface area contributed by atoms with E-state index in [0.717, 1.165) is 11.5 Å². The van der Waals surface area contributed by atoms with Crippen LogP contribution in [-0.2, 0) is 0 Å². The van der Waals surface area contributed by atoms with E-state index in [2.05, 4.69) is 32.6 Å². The van der Waals surface area contributed by atoms with Crippen molar-refractivity contribution in [2.75, 3.05) is 0 Å². The van der Waals surface area contributed by atoms with Gasteiger partial charge in [-0.3, -0.25) is 0 Å². The van der Waals surface area contributed by atoms with Crippen LogP contribution in [0.25, 0.3) is 6.08 Å². The van der Waals surface area contributed by atoms with Crippen LogP contribution in [0.1, 0.15) is 38.7 Å². The number of hydrogen-bond donors (Lipinski definition) is 1. The minimum atomic E-state index is 0.188. The molecule has 1 aromatic carbocycles. The minimum absolute atomic E-state index is 0.188. The average molecular weight is 254 g/mol. The first kappa shape index (κ1) is 12.5. The zero-order valence-electron chi connectivity index (χ0n) is 11.8. The van der Waals surface area contributed by atoms with Crippen molar-refractivity contribution in [1.29, 1.82) is 0 Å². The summed E-state index contributed by atoms with van der Waals surface area (Å²) < 4.78 is 0. The maximum atomic E-state index is 9.32. The normalized spacial score (nSPS) is 32.3. The van der Waals surface area contributed by atoms with Crippen LogP contribution in [0.3, 0.4) is 0 Å². The summed E-state index contributed by atoms with van der Waals surface area (Å²) in [6.07, 6.45) is 8.29. The standard InChI is InChI=1S/C18H22O/c1-13-4-7-15-12-18(13,17(15,2)3)11-10-14-5-8-16(19)9-6-14/h5-6,8-11,15,19H,1,4,7,12H2,2-3H3. The first-order chi connectivity index (χ1) is 8.96. The van der Waals surface area contributed by atoms with Crippen LogP contribution in [0.15, 0.2) is 42.5 Å². The first-order valence-corrected chi connectivity index (χ1v) is 7.12. The fourth-order valence-corrected chi connectivity index (χ4v) is 4.00. The predicted octanol–water partition coefficient (Wildman–Crippen LogP) is 4.79. The summed E-state index contributed by atoms with van der Waals surface area (Å²) in [6.45, 7) is 9.10. The van der Waals surface area contributed by atoms with Crippen molar-refractivity contribution in [3.05, 3.63) is 48.1 Å². The quantitative estimate of drug-likeness (QED) is 0.752. The van der Waals surface area contributed by atoms with Gasteiger partial charge in [0.2, 0.25) is 0 Å². The van der Waals surface area contributed by atoms with Gasteiger partial charge < -0.3 is 5.11 Å². The van der Waals surface area contributed by atoms with Crippen molar-refractivity contribution in [2.45, 2.75) is 33.1 Å². The topological polar surface area (TPSA) is 20.2 Å². The Morgan fingerprint density at radius 2 is 1.95 bits per heavy atom. The number of phenolic OH excluding ortho intramolecular Hbond substituents is 1. The maximum absolute atomic E-state index is 9.32. The predicted molar refractivity (Wildman–Crippen MR) is 79.8 cm³/mol. The summed E-state index contributed by atoms with van der Waals surface area (Å²) in [5, 5.41) is 9.32. The number of allylic oxidation sites excluding steroid dienone is 2. The molecule has 1 heteroatoms. The third-order valence-electron chi connectivity index (χ3n) is 5.62. The van der Waals surface area contributed by atoms with E-state index in [0.29, 0.717) is 11.2 Å². The molecule has 3 aliphatic carbocycles. The molecule has 0 saturated heterocycles. The van der Waals surface area contributed by atoms with Gasteiger partial charge in [0.1, 0.15) is 5.75 Å². The van der Waals surface area contributed by atoms with E-state index in [1.807, 2.05) is 12.1 Å². The van der Waals surface area contributed by atoms with E-state index in [-0.39, 0.29) is 5.41 Å². The SMILES string of the molecule is C=C1CCC2CC1(C=Cc1ccc(O)cc1)C2(C)C. The number of fused-ring (bicyclic) bond motifs is 2. The molecule has 2 bridgehead atoms. The van der Waals surface area contributed by atoms with Gasteiger partial charge in [0.05, 0.1) is 0 Å². The molecule has 0 amide bonds. The molecular formula is C18H22O. The van der Waals surface area contributed by atoms with Crippen LogP contribution < -0.4 is 0 Å².